The Morgan fingerprint density at radius 3 is 2.53 bits per heavy atom. The summed E-state index contributed by atoms with van der Waals surface area (Å²) >= 11 is 0. The molecule has 1 saturated carbocycles. The molecule has 2 aliphatic rings. The van der Waals surface area contributed by atoms with Crippen molar-refractivity contribution in [1.82, 2.24) is 4.90 Å². The Bertz CT molecular complexity index is 247. The van der Waals surface area contributed by atoms with E-state index in [9.17, 15) is 4.79 Å². The van der Waals surface area contributed by atoms with Gasteiger partial charge in [-0.25, -0.2) is 4.79 Å². The molecular formula is C11H20N2O2. The number of nitrogens with two attached hydrogens (primary N) is 1. The molecule has 4 heteroatoms. The number of carbonyl (C=O) groups is 1. The smallest absolute Gasteiger partial charge is 0.407 e. The molecule has 0 aromatic rings. The number of rotatable bonds is 1. The molecule has 3 N–H and O–H groups in total. The fourth-order valence-corrected chi connectivity index (χ4v) is 3.03. The molecule has 0 atom stereocenters. The highest BCUT2D eigenvalue weighted by atomic mass is 16.4. The molecule has 0 bridgehead atoms. The molecular weight excluding hydrogens is 192 g/mol. The molecule has 1 amide bonds. The first-order valence-electron chi connectivity index (χ1n) is 5.83. The summed E-state index contributed by atoms with van der Waals surface area (Å²) in [5.74, 6) is 0.675. The number of hydrogen-bond donors (Lipinski definition) is 2. The van der Waals surface area contributed by atoms with Crippen molar-refractivity contribution < 1.29 is 9.90 Å². The third kappa shape index (κ3) is 2.09. The van der Waals surface area contributed by atoms with Crippen molar-refractivity contribution in [2.45, 2.75) is 32.1 Å². The van der Waals surface area contributed by atoms with E-state index in [1.54, 1.807) is 4.90 Å². The quantitative estimate of drug-likeness (QED) is 0.692. The maximum Gasteiger partial charge on any atom is 0.407 e. The summed E-state index contributed by atoms with van der Waals surface area (Å²) in [5.41, 5.74) is 5.96. The second-order valence-corrected chi connectivity index (χ2v) is 5.13. The minimum atomic E-state index is -0.757. The van der Waals surface area contributed by atoms with Crippen molar-refractivity contribution in [2.75, 3.05) is 19.6 Å². The van der Waals surface area contributed by atoms with Gasteiger partial charge >= 0.3 is 6.09 Å². The molecule has 2 fully saturated rings. The van der Waals surface area contributed by atoms with E-state index in [2.05, 4.69) is 0 Å². The third-order valence-electron chi connectivity index (χ3n) is 4.21. The van der Waals surface area contributed by atoms with Gasteiger partial charge in [-0.1, -0.05) is 0 Å². The van der Waals surface area contributed by atoms with Crippen molar-refractivity contribution >= 4 is 6.09 Å². The molecule has 0 unspecified atom stereocenters. The second kappa shape index (κ2) is 4.00. The van der Waals surface area contributed by atoms with Gasteiger partial charge in [-0.2, -0.15) is 0 Å². The number of likely N-dealkylation sites (tertiary alicyclic amines) is 1. The van der Waals surface area contributed by atoms with Gasteiger partial charge in [0, 0.05) is 13.1 Å². The molecule has 1 spiro atoms. The van der Waals surface area contributed by atoms with Crippen LogP contribution in [0.5, 0.6) is 0 Å². The minimum absolute atomic E-state index is 0.296. The summed E-state index contributed by atoms with van der Waals surface area (Å²) in [6.45, 7) is 2.26. The van der Waals surface area contributed by atoms with Gasteiger partial charge in [0.05, 0.1) is 0 Å². The van der Waals surface area contributed by atoms with Gasteiger partial charge in [0.15, 0.2) is 0 Å². The average molecular weight is 212 g/mol. The molecule has 1 aliphatic carbocycles. The van der Waals surface area contributed by atoms with Gasteiger partial charge in [-0.3, -0.25) is 0 Å². The first-order chi connectivity index (χ1) is 7.15. The zero-order chi connectivity index (χ0) is 10.9. The van der Waals surface area contributed by atoms with Crippen LogP contribution in [-0.4, -0.2) is 35.7 Å². The fraction of sp³-hybridized carbons (Fsp3) is 0.909. The maximum atomic E-state index is 10.9. The van der Waals surface area contributed by atoms with E-state index >= 15 is 0 Å². The fourth-order valence-electron chi connectivity index (χ4n) is 3.03. The summed E-state index contributed by atoms with van der Waals surface area (Å²) < 4.78 is 0. The van der Waals surface area contributed by atoms with E-state index in [0.29, 0.717) is 11.3 Å². The number of amides is 1. The Balaban J connectivity index is 1.92. The zero-order valence-corrected chi connectivity index (χ0v) is 9.11. The highest BCUT2D eigenvalue weighted by Crippen LogP contribution is 2.45. The molecule has 1 aliphatic heterocycles. The van der Waals surface area contributed by atoms with Crippen molar-refractivity contribution in [1.29, 1.82) is 0 Å². The summed E-state index contributed by atoms with van der Waals surface area (Å²) in [6, 6.07) is 0. The molecule has 2 rings (SSSR count). The molecule has 86 valence electrons. The van der Waals surface area contributed by atoms with Gasteiger partial charge in [0.25, 0.3) is 0 Å². The van der Waals surface area contributed by atoms with Crippen LogP contribution in [0.15, 0.2) is 0 Å². The molecule has 0 radical (unpaired) electrons. The Morgan fingerprint density at radius 2 is 2.07 bits per heavy atom. The molecule has 0 aromatic carbocycles. The molecule has 1 heterocycles. The van der Waals surface area contributed by atoms with Gasteiger partial charge in [-0.05, 0) is 50.0 Å². The van der Waals surface area contributed by atoms with Crippen LogP contribution in [0.1, 0.15) is 32.1 Å². The minimum Gasteiger partial charge on any atom is -0.465 e. The number of nitrogens with zero attached hydrogens (tertiary/aromatic N) is 1. The van der Waals surface area contributed by atoms with Crippen LogP contribution in [0.3, 0.4) is 0 Å². The van der Waals surface area contributed by atoms with E-state index in [1.165, 1.54) is 25.7 Å². The second-order valence-electron chi connectivity index (χ2n) is 5.13. The summed E-state index contributed by atoms with van der Waals surface area (Å²) in [4.78, 5) is 12.4. The largest absolute Gasteiger partial charge is 0.465 e. The summed E-state index contributed by atoms with van der Waals surface area (Å²) in [5, 5.41) is 8.93. The van der Waals surface area contributed by atoms with Crippen LogP contribution in [-0.2, 0) is 0 Å². The SMILES string of the molecule is NCC1CCC2(CC1)CCN(C(=O)O)C2. The van der Waals surface area contributed by atoms with E-state index in [0.717, 1.165) is 26.1 Å². The standard InChI is InChI=1S/C11H20N2O2/c12-7-9-1-3-11(4-2-9)5-6-13(8-11)10(14)15/h9H,1-8,12H2,(H,14,15). The predicted octanol–water partition coefficient (Wildman–Crippen LogP) is 1.51. The Labute approximate surface area is 90.4 Å². The lowest BCUT2D eigenvalue weighted by atomic mass is 9.70. The van der Waals surface area contributed by atoms with Crippen LogP contribution in [0.2, 0.25) is 0 Å². The van der Waals surface area contributed by atoms with E-state index in [1.807, 2.05) is 0 Å². The Hall–Kier alpha value is -0.770. The van der Waals surface area contributed by atoms with Crippen LogP contribution >= 0.6 is 0 Å². The zero-order valence-electron chi connectivity index (χ0n) is 9.11. The van der Waals surface area contributed by atoms with E-state index in [-0.39, 0.29) is 0 Å². The summed E-state index contributed by atoms with van der Waals surface area (Å²) in [7, 11) is 0. The van der Waals surface area contributed by atoms with E-state index in [4.69, 9.17) is 10.8 Å². The van der Waals surface area contributed by atoms with Crippen LogP contribution in [0, 0.1) is 11.3 Å². The average Bonchev–Trinajstić information content (AvgIpc) is 2.64. The van der Waals surface area contributed by atoms with Crippen LogP contribution < -0.4 is 5.73 Å². The van der Waals surface area contributed by atoms with Gasteiger partial charge in [-0.15, -0.1) is 0 Å². The van der Waals surface area contributed by atoms with Gasteiger partial charge < -0.3 is 15.7 Å². The van der Waals surface area contributed by atoms with Crippen LogP contribution in [0.4, 0.5) is 4.79 Å². The molecule has 1 saturated heterocycles. The van der Waals surface area contributed by atoms with Crippen molar-refractivity contribution in [3.63, 3.8) is 0 Å². The lowest BCUT2D eigenvalue weighted by Crippen LogP contribution is -2.34. The maximum absolute atomic E-state index is 10.9. The van der Waals surface area contributed by atoms with Gasteiger partial charge in [0.1, 0.15) is 0 Å². The monoisotopic (exact) mass is 212 g/mol. The Morgan fingerprint density at radius 1 is 1.40 bits per heavy atom. The van der Waals surface area contributed by atoms with Gasteiger partial charge in [0.2, 0.25) is 0 Å². The van der Waals surface area contributed by atoms with Crippen molar-refractivity contribution in [3.05, 3.63) is 0 Å². The van der Waals surface area contributed by atoms with Crippen molar-refractivity contribution in [3.8, 4) is 0 Å². The summed E-state index contributed by atoms with van der Waals surface area (Å²) in [6.07, 6.45) is 5.00. The lowest BCUT2D eigenvalue weighted by molar-refractivity contribution is 0.130. The molecule has 15 heavy (non-hydrogen) atoms. The first kappa shape index (κ1) is 10.7. The van der Waals surface area contributed by atoms with Crippen LogP contribution in [0.25, 0.3) is 0 Å². The Kier molecular flexibility index (Phi) is 2.87. The molecule has 0 aromatic heterocycles. The number of hydrogen-bond acceptors (Lipinski definition) is 2. The third-order valence-corrected chi connectivity index (χ3v) is 4.21. The highest BCUT2D eigenvalue weighted by molar-refractivity contribution is 5.65. The van der Waals surface area contributed by atoms with Crippen molar-refractivity contribution in [2.24, 2.45) is 17.1 Å². The van der Waals surface area contributed by atoms with E-state index < -0.39 is 6.09 Å². The molecule has 4 nitrogen and oxygen atoms in total. The lowest BCUT2D eigenvalue weighted by Gasteiger charge is -2.36. The predicted molar refractivity (Wildman–Crippen MR) is 57.7 cm³/mol. The first-order valence-corrected chi connectivity index (χ1v) is 5.83. The number of carboxylic acid groups (broad SMARTS) is 1. The normalized spacial score (nSPS) is 36.1. The topological polar surface area (TPSA) is 66.6 Å². The highest BCUT2D eigenvalue weighted by Gasteiger charge is 2.42.